The molecule has 1 heterocycles. The average Bonchev–Trinajstić information content (AvgIpc) is 3.10. The number of hydrogen-bond acceptors (Lipinski definition) is 6. The first-order valence-corrected chi connectivity index (χ1v) is 7.20. The minimum atomic E-state index is -0.0514. The number of rotatable bonds is 5. The molecule has 124 valence electrons. The molecule has 1 aromatic heterocycles. The van der Waals surface area contributed by atoms with E-state index in [1.54, 1.807) is 51.9 Å². The monoisotopic (exact) mass is 349 g/mol. The van der Waals surface area contributed by atoms with Gasteiger partial charge in [-0.15, -0.1) is 5.75 Å². The smallest absolute Gasteiger partial charge is 0.872 e. The van der Waals surface area contributed by atoms with Crippen molar-refractivity contribution in [3.63, 3.8) is 0 Å². The Bertz CT molecular complexity index is 820. The molecule has 2 aromatic carbocycles. The maximum Gasteiger partial charge on any atom is 1.00 e. The third-order valence-electron chi connectivity index (χ3n) is 3.67. The van der Waals surface area contributed by atoms with Gasteiger partial charge in [-0.05, 0) is 17.7 Å². The van der Waals surface area contributed by atoms with Crippen molar-refractivity contribution < 1.29 is 53.4 Å². The van der Waals surface area contributed by atoms with Crippen molar-refractivity contribution in [2.75, 3.05) is 21.3 Å². The van der Waals surface area contributed by atoms with Crippen molar-refractivity contribution in [1.29, 1.82) is 0 Å². The Labute approximate surface area is 167 Å². The average molecular weight is 349 g/mol. The zero-order chi connectivity index (χ0) is 17.1. The Hall–Kier alpha value is -2.15. The van der Waals surface area contributed by atoms with Crippen LogP contribution in [0, 0.1) is 0 Å². The maximum absolute atomic E-state index is 11.3. The van der Waals surface area contributed by atoms with Gasteiger partial charge in [0.1, 0.15) is 12.0 Å². The Morgan fingerprint density at radius 2 is 1.48 bits per heavy atom. The zero-order valence-corrected chi connectivity index (χ0v) is 16.5. The van der Waals surface area contributed by atoms with Gasteiger partial charge in [0, 0.05) is 11.1 Å². The molecular formula is C18H16NNaO5. The van der Waals surface area contributed by atoms with Gasteiger partial charge in [0.25, 0.3) is 0 Å². The van der Waals surface area contributed by atoms with Crippen molar-refractivity contribution in [3.8, 4) is 45.4 Å². The molecule has 0 fully saturated rings. The largest absolute Gasteiger partial charge is 1.00 e. The summed E-state index contributed by atoms with van der Waals surface area (Å²) < 4.78 is 21.2. The molecule has 3 aromatic rings. The van der Waals surface area contributed by atoms with Gasteiger partial charge in [-0.25, -0.2) is 0 Å². The molecule has 0 bridgehead atoms. The number of benzene rings is 2. The number of methoxy groups -OCH3 is 3. The van der Waals surface area contributed by atoms with Gasteiger partial charge in [-0.1, -0.05) is 29.4 Å². The molecule has 0 saturated carbocycles. The third kappa shape index (κ3) is 3.76. The van der Waals surface area contributed by atoms with Crippen LogP contribution in [0.5, 0.6) is 23.0 Å². The molecule has 0 amide bonds. The molecule has 0 radical (unpaired) electrons. The summed E-state index contributed by atoms with van der Waals surface area (Å²) in [7, 11) is 4.65. The number of hydrogen-bond donors (Lipinski definition) is 0. The van der Waals surface area contributed by atoms with Gasteiger partial charge in [0.05, 0.1) is 21.3 Å². The molecule has 0 aliphatic rings. The van der Waals surface area contributed by atoms with Gasteiger partial charge in [-0.3, -0.25) is 0 Å². The van der Waals surface area contributed by atoms with Crippen molar-refractivity contribution in [2.45, 2.75) is 0 Å². The van der Waals surface area contributed by atoms with Crippen LogP contribution in [0.15, 0.2) is 47.2 Å². The maximum atomic E-state index is 11.3. The summed E-state index contributed by atoms with van der Waals surface area (Å²) in [5.74, 6) is 1.50. The van der Waals surface area contributed by atoms with Crippen LogP contribution in [-0.4, -0.2) is 26.5 Å². The minimum absolute atomic E-state index is 0. The Balaban J connectivity index is 0.00000225. The number of nitrogens with zero attached hydrogens (tertiary/aromatic N) is 1. The van der Waals surface area contributed by atoms with E-state index >= 15 is 0 Å². The Morgan fingerprint density at radius 1 is 0.880 bits per heavy atom. The van der Waals surface area contributed by atoms with Crippen LogP contribution in [-0.2, 0) is 0 Å². The first kappa shape index (κ1) is 19.2. The predicted molar refractivity (Wildman–Crippen MR) is 86.5 cm³/mol. The molecule has 7 heteroatoms. The van der Waals surface area contributed by atoms with Crippen molar-refractivity contribution in [3.05, 3.63) is 42.7 Å². The van der Waals surface area contributed by atoms with E-state index in [1.165, 1.54) is 12.1 Å². The predicted octanol–water partition coefficient (Wildman–Crippen LogP) is 0.112. The van der Waals surface area contributed by atoms with Crippen molar-refractivity contribution in [1.82, 2.24) is 5.16 Å². The standard InChI is InChI=1S/C18H17NO5.Na/c1-21-15-8-12(9-16(22-2)18(15)23-3)17-14(10-24-19-17)11-4-6-13(20)7-5-11;/h4-10,20H,1-3H3;/q;+1/p-1. The molecule has 0 spiro atoms. The molecule has 0 saturated heterocycles. The second-order valence-electron chi connectivity index (χ2n) is 5.02. The minimum Gasteiger partial charge on any atom is -0.872 e. The first-order valence-electron chi connectivity index (χ1n) is 7.20. The van der Waals surface area contributed by atoms with E-state index in [9.17, 15) is 5.11 Å². The fourth-order valence-corrected chi connectivity index (χ4v) is 2.50. The van der Waals surface area contributed by atoms with E-state index in [0.717, 1.165) is 16.7 Å². The van der Waals surface area contributed by atoms with E-state index in [-0.39, 0.29) is 35.3 Å². The summed E-state index contributed by atoms with van der Waals surface area (Å²) >= 11 is 0. The van der Waals surface area contributed by atoms with Gasteiger partial charge >= 0.3 is 29.6 Å². The normalized spacial score (nSPS) is 10.0. The second kappa shape index (κ2) is 8.29. The summed E-state index contributed by atoms with van der Waals surface area (Å²) in [5.41, 5.74) is 2.97. The summed E-state index contributed by atoms with van der Waals surface area (Å²) in [6.07, 6.45) is 1.54. The van der Waals surface area contributed by atoms with E-state index in [1.807, 2.05) is 0 Å². The SMILES string of the molecule is COc1cc(-c2nocc2-c2ccc([O-])cc2)cc(OC)c1OC.[Na+]. The molecule has 0 aliphatic heterocycles. The van der Waals surface area contributed by atoms with Crippen molar-refractivity contribution in [2.24, 2.45) is 0 Å². The molecule has 6 nitrogen and oxygen atoms in total. The quantitative estimate of drug-likeness (QED) is 0.609. The van der Waals surface area contributed by atoms with Gasteiger partial charge in [0.15, 0.2) is 11.5 Å². The van der Waals surface area contributed by atoms with Crippen molar-refractivity contribution >= 4 is 0 Å². The molecule has 0 unspecified atom stereocenters. The third-order valence-corrected chi connectivity index (χ3v) is 3.67. The van der Waals surface area contributed by atoms with E-state index in [2.05, 4.69) is 5.16 Å². The van der Waals surface area contributed by atoms with E-state index < -0.39 is 0 Å². The molecule has 0 N–H and O–H groups in total. The number of ether oxygens (including phenoxy) is 3. The molecule has 3 rings (SSSR count). The second-order valence-corrected chi connectivity index (χ2v) is 5.02. The Kier molecular flexibility index (Phi) is 6.36. The van der Waals surface area contributed by atoms with Crippen LogP contribution in [0.1, 0.15) is 0 Å². The first-order chi connectivity index (χ1) is 11.7. The van der Waals surface area contributed by atoms with Crippen LogP contribution in [0.4, 0.5) is 0 Å². The fraction of sp³-hybridized carbons (Fsp3) is 0.167. The summed E-state index contributed by atoms with van der Waals surface area (Å²) in [6, 6.07) is 10.1. The summed E-state index contributed by atoms with van der Waals surface area (Å²) in [4.78, 5) is 0. The summed E-state index contributed by atoms with van der Waals surface area (Å²) in [5, 5.41) is 15.4. The molecule has 0 atom stereocenters. The Morgan fingerprint density at radius 3 is 2.00 bits per heavy atom. The van der Waals surface area contributed by atoms with Crippen LogP contribution in [0.2, 0.25) is 0 Å². The molecular weight excluding hydrogens is 333 g/mol. The summed E-state index contributed by atoms with van der Waals surface area (Å²) in [6.45, 7) is 0. The zero-order valence-electron chi connectivity index (χ0n) is 14.5. The van der Waals surface area contributed by atoms with E-state index in [0.29, 0.717) is 22.9 Å². The molecule has 0 aliphatic carbocycles. The van der Waals surface area contributed by atoms with Gasteiger partial charge in [-0.2, -0.15) is 0 Å². The van der Waals surface area contributed by atoms with Crippen LogP contribution >= 0.6 is 0 Å². The van der Waals surface area contributed by atoms with Gasteiger partial charge in [0.2, 0.25) is 5.75 Å². The van der Waals surface area contributed by atoms with Gasteiger partial charge < -0.3 is 23.8 Å². The number of aromatic nitrogens is 1. The molecule has 25 heavy (non-hydrogen) atoms. The topological polar surface area (TPSA) is 76.8 Å². The van der Waals surface area contributed by atoms with Crippen LogP contribution in [0.3, 0.4) is 0 Å². The fourth-order valence-electron chi connectivity index (χ4n) is 2.50. The van der Waals surface area contributed by atoms with Crippen LogP contribution in [0.25, 0.3) is 22.4 Å². The van der Waals surface area contributed by atoms with Crippen LogP contribution < -0.4 is 48.9 Å². The van der Waals surface area contributed by atoms with E-state index in [4.69, 9.17) is 18.7 Å².